The molecule has 1 aromatic heterocycles. The third kappa shape index (κ3) is 5.77. The van der Waals surface area contributed by atoms with E-state index in [9.17, 15) is 8.42 Å². The van der Waals surface area contributed by atoms with Gasteiger partial charge in [-0.1, -0.05) is 0 Å². The Balaban J connectivity index is 1.59. The zero-order chi connectivity index (χ0) is 18.6. The zero-order valence-electron chi connectivity index (χ0n) is 15.3. The van der Waals surface area contributed by atoms with Crippen LogP contribution in [-0.2, 0) is 21.3 Å². The van der Waals surface area contributed by atoms with Gasteiger partial charge in [0.15, 0.2) is 4.67 Å². The van der Waals surface area contributed by atoms with Crippen molar-refractivity contribution in [3.8, 4) is 0 Å². The Hall–Kier alpha value is -0.450. The second-order valence-corrected chi connectivity index (χ2v) is 9.78. The Kier molecular flexibility index (Phi) is 7.15. The van der Waals surface area contributed by atoms with Crippen molar-refractivity contribution >= 4 is 26.0 Å². The van der Waals surface area contributed by atoms with E-state index in [1.54, 1.807) is 4.31 Å². The fraction of sp³-hybridized carbons (Fsp3) is 0.765. The van der Waals surface area contributed by atoms with E-state index in [4.69, 9.17) is 9.15 Å². The molecule has 1 atom stereocenters. The summed E-state index contributed by atoms with van der Waals surface area (Å²) in [6, 6.07) is 3.88. The molecule has 0 amide bonds. The average molecular weight is 450 g/mol. The van der Waals surface area contributed by atoms with Crippen molar-refractivity contribution in [2.75, 3.05) is 58.7 Å². The van der Waals surface area contributed by atoms with Gasteiger partial charge in [-0.3, -0.25) is 9.80 Å². The number of hydrogen-bond donors (Lipinski definition) is 0. The lowest BCUT2D eigenvalue weighted by Gasteiger charge is -2.39. The van der Waals surface area contributed by atoms with E-state index in [-0.39, 0.29) is 6.04 Å². The van der Waals surface area contributed by atoms with Gasteiger partial charge in [-0.05, 0) is 47.4 Å². The summed E-state index contributed by atoms with van der Waals surface area (Å²) in [6.45, 7) is 6.95. The minimum absolute atomic E-state index is 0.0261. The molecule has 0 N–H and O–H groups in total. The van der Waals surface area contributed by atoms with Gasteiger partial charge in [-0.25, -0.2) is 8.42 Å². The molecule has 3 rings (SSSR count). The van der Waals surface area contributed by atoms with E-state index in [0.717, 1.165) is 69.2 Å². The average Bonchev–Trinajstić information content (AvgIpc) is 3.00. The maximum Gasteiger partial charge on any atom is 0.211 e. The van der Waals surface area contributed by atoms with Crippen LogP contribution in [0, 0.1) is 0 Å². The van der Waals surface area contributed by atoms with E-state index < -0.39 is 10.0 Å². The van der Waals surface area contributed by atoms with Crippen LogP contribution in [0.1, 0.15) is 18.6 Å². The minimum Gasteiger partial charge on any atom is -0.453 e. The Bertz CT molecular complexity index is 675. The Labute approximate surface area is 164 Å². The third-order valence-electron chi connectivity index (χ3n) is 5.06. The van der Waals surface area contributed by atoms with Crippen LogP contribution in [0.4, 0.5) is 0 Å². The van der Waals surface area contributed by atoms with Gasteiger partial charge in [-0.2, -0.15) is 4.31 Å². The van der Waals surface area contributed by atoms with E-state index in [1.165, 1.54) is 6.26 Å². The number of likely N-dealkylation sites (tertiary alicyclic amines) is 1. The predicted octanol–water partition coefficient (Wildman–Crippen LogP) is 1.60. The van der Waals surface area contributed by atoms with E-state index in [0.29, 0.717) is 13.1 Å². The van der Waals surface area contributed by atoms with Crippen LogP contribution in [0.3, 0.4) is 0 Å². The second-order valence-electron chi connectivity index (χ2n) is 7.06. The summed E-state index contributed by atoms with van der Waals surface area (Å²) in [5.74, 6) is 0.900. The molecule has 3 heterocycles. The number of nitrogens with zero attached hydrogens (tertiary/aromatic N) is 3. The molecule has 0 aromatic carbocycles. The SMILES string of the molecule is CS(=O)(=O)N(CCN1CCOCC1)C1CCCN(Cc2ccc(Br)o2)C1. The molecule has 7 nitrogen and oxygen atoms in total. The number of halogens is 1. The Morgan fingerprint density at radius 3 is 2.65 bits per heavy atom. The minimum atomic E-state index is -3.24. The van der Waals surface area contributed by atoms with Crippen molar-refractivity contribution in [1.29, 1.82) is 0 Å². The first kappa shape index (κ1) is 20.3. The summed E-state index contributed by atoms with van der Waals surface area (Å²) < 4.78 is 38.2. The van der Waals surface area contributed by atoms with Crippen LogP contribution >= 0.6 is 15.9 Å². The van der Waals surface area contributed by atoms with Crippen LogP contribution in [-0.4, -0.2) is 87.3 Å². The summed E-state index contributed by atoms with van der Waals surface area (Å²) in [6.07, 6.45) is 3.24. The fourth-order valence-corrected chi connectivity index (χ4v) is 5.22. The van der Waals surface area contributed by atoms with Crippen LogP contribution in [0.15, 0.2) is 21.2 Å². The monoisotopic (exact) mass is 449 g/mol. The first-order valence-corrected chi connectivity index (χ1v) is 11.8. The summed E-state index contributed by atoms with van der Waals surface area (Å²) in [7, 11) is -3.24. The lowest BCUT2D eigenvalue weighted by Crippen LogP contribution is -2.52. The van der Waals surface area contributed by atoms with Crippen molar-refractivity contribution in [2.45, 2.75) is 25.4 Å². The highest BCUT2D eigenvalue weighted by atomic mass is 79.9. The number of hydrogen-bond acceptors (Lipinski definition) is 6. The highest BCUT2D eigenvalue weighted by molar-refractivity contribution is 9.10. The number of piperidine rings is 1. The predicted molar refractivity (Wildman–Crippen MR) is 104 cm³/mol. The molecule has 0 bridgehead atoms. The molecule has 0 spiro atoms. The molecule has 26 heavy (non-hydrogen) atoms. The van der Waals surface area contributed by atoms with Gasteiger partial charge in [0.1, 0.15) is 5.76 Å². The highest BCUT2D eigenvalue weighted by Gasteiger charge is 2.31. The van der Waals surface area contributed by atoms with Gasteiger partial charge in [-0.15, -0.1) is 0 Å². The van der Waals surface area contributed by atoms with Crippen molar-refractivity contribution < 1.29 is 17.6 Å². The summed E-state index contributed by atoms with van der Waals surface area (Å²) in [5, 5.41) is 0. The van der Waals surface area contributed by atoms with Gasteiger partial charge in [0, 0.05) is 38.8 Å². The van der Waals surface area contributed by atoms with Gasteiger partial charge >= 0.3 is 0 Å². The largest absolute Gasteiger partial charge is 0.453 e. The Morgan fingerprint density at radius 1 is 1.23 bits per heavy atom. The molecule has 0 aliphatic carbocycles. The number of rotatable bonds is 7. The molecule has 148 valence electrons. The van der Waals surface area contributed by atoms with Crippen molar-refractivity contribution in [2.24, 2.45) is 0 Å². The summed E-state index contributed by atoms with van der Waals surface area (Å²) >= 11 is 3.33. The van der Waals surface area contributed by atoms with Crippen LogP contribution in [0.25, 0.3) is 0 Å². The number of ether oxygens (including phenoxy) is 1. The van der Waals surface area contributed by atoms with Crippen molar-refractivity contribution in [3.05, 3.63) is 22.6 Å². The molecular weight excluding hydrogens is 422 g/mol. The maximum absolute atomic E-state index is 12.4. The molecule has 2 aliphatic rings. The lowest BCUT2D eigenvalue weighted by atomic mass is 10.1. The standard InChI is InChI=1S/C17H28BrN3O4S/c1-26(22,23)21(8-7-19-9-11-24-12-10-19)15-3-2-6-20(13-15)14-16-4-5-17(18)25-16/h4-5,15H,2-3,6-14H2,1H3. The lowest BCUT2D eigenvalue weighted by molar-refractivity contribution is 0.0336. The number of furan rings is 1. The molecule has 0 radical (unpaired) electrons. The summed E-state index contributed by atoms with van der Waals surface area (Å²) in [4.78, 5) is 4.56. The molecule has 2 aliphatic heterocycles. The molecular formula is C17H28BrN3O4S. The topological polar surface area (TPSA) is 66.2 Å². The van der Waals surface area contributed by atoms with Crippen LogP contribution in [0.2, 0.25) is 0 Å². The highest BCUT2D eigenvalue weighted by Crippen LogP contribution is 2.22. The molecule has 9 heteroatoms. The summed E-state index contributed by atoms with van der Waals surface area (Å²) in [5.41, 5.74) is 0. The van der Waals surface area contributed by atoms with Crippen molar-refractivity contribution in [3.63, 3.8) is 0 Å². The third-order valence-corrected chi connectivity index (χ3v) is 6.82. The second kappa shape index (κ2) is 9.16. The number of morpholine rings is 1. The van der Waals surface area contributed by atoms with Crippen LogP contribution < -0.4 is 0 Å². The molecule has 1 unspecified atom stereocenters. The molecule has 0 saturated carbocycles. The molecule has 1 aromatic rings. The van der Waals surface area contributed by atoms with Gasteiger partial charge in [0.05, 0.1) is 26.0 Å². The molecule has 2 saturated heterocycles. The zero-order valence-corrected chi connectivity index (χ0v) is 17.7. The van der Waals surface area contributed by atoms with E-state index in [1.807, 2.05) is 12.1 Å². The quantitative estimate of drug-likeness (QED) is 0.629. The smallest absolute Gasteiger partial charge is 0.211 e. The number of sulfonamides is 1. The first-order valence-electron chi connectivity index (χ1n) is 9.15. The normalized spacial score (nSPS) is 23.6. The van der Waals surface area contributed by atoms with Crippen molar-refractivity contribution in [1.82, 2.24) is 14.1 Å². The van der Waals surface area contributed by atoms with E-state index >= 15 is 0 Å². The Morgan fingerprint density at radius 2 is 2.00 bits per heavy atom. The fourth-order valence-electron chi connectivity index (χ4n) is 3.75. The van der Waals surface area contributed by atoms with Crippen LogP contribution in [0.5, 0.6) is 0 Å². The molecule has 2 fully saturated rings. The van der Waals surface area contributed by atoms with Gasteiger partial charge in [0.2, 0.25) is 10.0 Å². The van der Waals surface area contributed by atoms with Gasteiger partial charge in [0.25, 0.3) is 0 Å². The first-order chi connectivity index (χ1) is 12.4. The maximum atomic E-state index is 12.4. The van der Waals surface area contributed by atoms with E-state index in [2.05, 4.69) is 25.7 Å². The van der Waals surface area contributed by atoms with Gasteiger partial charge < -0.3 is 9.15 Å².